The second-order valence-electron chi connectivity index (χ2n) is 3.65. The summed E-state index contributed by atoms with van der Waals surface area (Å²) in [4.78, 5) is 0. The molecular weight excluding hydrogens is 186 g/mol. The van der Waals surface area contributed by atoms with E-state index in [0.717, 1.165) is 18.6 Å². The van der Waals surface area contributed by atoms with Crippen LogP contribution in [-0.2, 0) is 5.60 Å². The molecule has 78 valence electrons. The van der Waals surface area contributed by atoms with E-state index in [1.165, 1.54) is 6.07 Å². The monoisotopic (exact) mass is 200 g/mol. The second-order valence-corrected chi connectivity index (χ2v) is 3.65. The van der Waals surface area contributed by atoms with E-state index in [1.807, 2.05) is 6.92 Å². The molecule has 3 heteroatoms. The standard InChI is InChI=1S/C11H14F2O/c1-3-6-11(2,14)8-4-5-9(12)10(13)7-8/h4-5,7,14H,3,6H2,1-2H3. The summed E-state index contributed by atoms with van der Waals surface area (Å²) >= 11 is 0. The molecule has 1 unspecified atom stereocenters. The van der Waals surface area contributed by atoms with Gasteiger partial charge in [-0.25, -0.2) is 8.78 Å². The molecule has 0 saturated heterocycles. The summed E-state index contributed by atoms with van der Waals surface area (Å²) in [6.45, 7) is 3.53. The first-order chi connectivity index (χ1) is 6.47. The van der Waals surface area contributed by atoms with Crippen molar-refractivity contribution in [3.63, 3.8) is 0 Å². The summed E-state index contributed by atoms with van der Waals surface area (Å²) in [6.07, 6.45) is 1.31. The molecule has 0 bridgehead atoms. The predicted molar refractivity (Wildman–Crippen MR) is 50.8 cm³/mol. The highest BCUT2D eigenvalue weighted by atomic mass is 19.2. The maximum absolute atomic E-state index is 12.9. The molecule has 0 aliphatic heterocycles. The van der Waals surface area contributed by atoms with Crippen molar-refractivity contribution in [2.45, 2.75) is 32.3 Å². The molecule has 0 aliphatic rings. The van der Waals surface area contributed by atoms with Crippen molar-refractivity contribution in [3.05, 3.63) is 35.4 Å². The Morgan fingerprint density at radius 1 is 1.29 bits per heavy atom. The second kappa shape index (κ2) is 4.05. The Hall–Kier alpha value is -0.960. The van der Waals surface area contributed by atoms with Crippen molar-refractivity contribution < 1.29 is 13.9 Å². The molecule has 1 aromatic rings. The molecule has 1 rings (SSSR count). The van der Waals surface area contributed by atoms with E-state index in [-0.39, 0.29) is 0 Å². The van der Waals surface area contributed by atoms with Crippen LogP contribution < -0.4 is 0 Å². The number of halogens is 2. The Morgan fingerprint density at radius 3 is 2.43 bits per heavy atom. The van der Waals surface area contributed by atoms with Crippen molar-refractivity contribution in [1.82, 2.24) is 0 Å². The minimum atomic E-state index is -1.08. The molecule has 1 N–H and O–H groups in total. The van der Waals surface area contributed by atoms with Crippen LogP contribution in [0.5, 0.6) is 0 Å². The summed E-state index contributed by atoms with van der Waals surface area (Å²) < 4.78 is 25.5. The van der Waals surface area contributed by atoms with E-state index >= 15 is 0 Å². The van der Waals surface area contributed by atoms with E-state index in [4.69, 9.17) is 0 Å². The van der Waals surface area contributed by atoms with Gasteiger partial charge in [-0.15, -0.1) is 0 Å². The largest absolute Gasteiger partial charge is 0.385 e. The van der Waals surface area contributed by atoms with Gasteiger partial charge in [0.15, 0.2) is 11.6 Å². The van der Waals surface area contributed by atoms with Gasteiger partial charge in [0, 0.05) is 0 Å². The fourth-order valence-corrected chi connectivity index (χ4v) is 1.46. The van der Waals surface area contributed by atoms with Crippen molar-refractivity contribution in [1.29, 1.82) is 0 Å². The van der Waals surface area contributed by atoms with Gasteiger partial charge >= 0.3 is 0 Å². The molecular formula is C11H14F2O. The first kappa shape index (κ1) is 11.1. The minimum absolute atomic E-state index is 0.415. The van der Waals surface area contributed by atoms with E-state index < -0.39 is 17.2 Å². The number of hydrogen-bond donors (Lipinski definition) is 1. The molecule has 1 aromatic carbocycles. The van der Waals surface area contributed by atoms with Crippen LogP contribution >= 0.6 is 0 Å². The van der Waals surface area contributed by atoms with E-state index in [0.29, 0.717) is 12.0 Å². The highest BCUT2D eigenvalue weighted by Gasteiger charge is 2.22. The molecule has 0 fully saturated rings. The third kappa shape index (κ3) is 2.29. The van der Waals surface area contributed by atoms with Gasteiger partial charge in [0.25, 0.3) is 0 Å². The van der Waals surface area contributed by atoms with Gasteiger partial charge in [-0.1, -0.05) is 19.4 Å². The fraction of sp³-hybridized carbons (Fsp3) is 0.455. The minimum Gasteiger partial charge on any atom is -0.385 e. The van der Waals surface area contributed by atoms with Gasteiger partial charge in [0.2, 0.25) is 0 Å². The van der Waals surface area contributed by atoms with Gasteiger partial charge in [-0.3, -0.25) is 0 Å². The zero-order valence-electron chi connectivity index (χ0n) is 8.35. The lowest BCUT2D eigenvalue weighted by molar-refractivity contribution is 0.0465. The van der Waals surface area contributed by atoms with Crippen LogP contribution in [0.3, 0.4) is 0 Å². The fourth-order valence-electron chi connectivity index (χ4n) is 1.46. The quantitative estimate of drug-likeness (QED) is 0.795. The Labute approximate surface area is 82.4 Å². The highest BCUT2D eigenvalue weighted by molar-refractivity contribution is 5.23. The van der Waals surface area contributed by atoms with E-state index in [9.17, 15) is 13.9 Å². The lowest BCUT2D eigenvalue weighted by Crippen LogP contribution is -2.20. The Balaban J connectivity index is 3.01. The molecule has 1 atom stereocenters. The maximum Gasteiger partial charge on any atom is 0.159 e. The van der Waals surface area contributed by atoms with Crippen molar-refractivity contribution >= 4 is 0 Å². The summed E-state index contributed by atoms with van der Waals surface area (Å²) in [5, 5.41) is 9.91. The van der Waals surface area contributed by atoms with Crippen LogP contribution in [0.15, 0.2) is 18.2 Å². The molecule has 0 radical (unpaired) electrons. The van der Waals surface area contributed by atoms with Crippen molar-refractivity contribution in [2.24, 2.45) is 0 Å². The summed E-state index contributed by atoms with van der Waals surface area (Å²) in [6, 6.07) is 3.49. The van der Waals surface area contributed by atoms with Crippen LogP contribution in [-0.4, -0.2) is 5.11 Å². The summed E-state index contributed by atoms with van der Waals surface area (Å²) in [5.41, 5.74) is -0.665. The third-order valence-corrected chi connectivity index (χ3v) is 2.28. The maximum atomic E-state index is 12.9. The van der Waals surface area contributed by atoms with Gasteiger partial charge < -0.3 is 5.11 Å². The average Bonchev–Trinajstić information content (AvgIpc) is 2.09. The Bertz CT molecular complexity index is 321. The van der Waals surface area contributed by atoms with Crippen LogP contribution in [0.25, 0.3) is 0 Å². The first-order valence-corrected chi connectivity index (χ1v) is 4.65. The molecule has 0 aliphatic carbocycles. The molecule has 0 heterocycles. The smallest absolute Gasteiger partial charge is 0.159 e. The molecule has 14 heavy (non-hydrogen) atoms. The van der Waals surface area contributed by atoms with Gasteiger partial charge in [-0.05, 0) is 31.0 Å². The zero-order chi connectivity index (χ0) is 10.8. The average molecular weight is 200 g/mol. The van der Waals surface area contributed by atoms with Crippen molar-refractivity contribution in [2.75, 3.05) is 0 Å². The number of aliphatic hydroxyl groups is 1. The number of benzene rings is 1. The van der Waals surface area contributed by atoms with Crippen molar-refractivity contribution in [3.8, 4) is 0 Å². The first-order valence-electron chi connectivity index (χ1n) is 4.65. The highest BCUT2D eigenvalue weighted by Crippen LogP contribution is 2.26. The normalized spacial score (nSPS) is 15.2. The summed E-state index contributed by atoms with van der Waals surface area (Å²) in [7, 11) is 0. The van der Waals surface area contributed by atoms with Gasteiger partial charge in [0.1, 0.15) is 0 Å². The van der Waals surface area contributed by atoms with Gasteiger partial charge in [0.05, 0.1) is 5.60 Å². The zero-order valence-corrected chi connectivity index (χ0v) is 8.35. The molecule has 1 nitrogen and oxygen atoms in total. The molecule has 0 saturated carbocycles. The van der Waals surface area contributed by atoms with Crippen LogP contribution in [0.4, 0.5) is 8.78 Å². The molecule has 0 aromatic heterocycles. The van der Waals surface area contributed by atoms with Crippen LogP contribution in [0.2, 0.25) is 0 Å². The Morgan fingerprint density at radius 2 is 1.93 bits per heavy atom. The number of hydrogen-bond acceptors (Lipinski definition) is 1. The summed E-state index contributed by atoms with van der Waals surface area (Å²) in [5.74, 6) is -1.81. The molecule has 0 spiro atoms. The van der Waals surface area contributed by atoms with E-state index in [2.05, 4.69) is 0 Å². The lowest BCUT2D eigenvalue weighted by atomic mass is 9.91. The lowest BCUT2D eigenvalue weighted by Gasteiger charge is -2.23. The van der Waals surface area contributed by atoms with Crippen LogP contribution in [0, 0.1) is 11.6 Å². The Kier molecular flexibility index (Phi) is 3.21. The SMILES string of the molecule is CCCC(C)(O)c1ccc(F)c(F)c1. The third-order valence-electron chi connectivity index (χ3n) is 2.28. The topological polar surface area (TPSA) is 20.2 Å². The number of rotatable bonds is 3. The van der Waals surface area contributed by atoms with Crippen LogP contribution in [0.1, 0.15) is 32.3 Å². The van der Waals surface area contributed by atoms with E-state index in [1.54, 1.807) is 6.92 Å². The predicted octanol–water partition coefficient (Wildman–Crippen LogP) is 2.97. The van der Waals surface area contributed by atoms with Gasteiger partial charge in [-0.2, -0.15) is 0 Å². The molecule has 0 amide bonds.